The van der Waals surface area contributed by atoms with Gasteiger partial charge in [0.15, 0.2) is 0 Å². The van der Waals surface area contributed by atoms with E-state index in [9.17, 15) is 0 Å². The van der Waals surface area contributed by atoms with Crippen molar-refractivity contribution in [1.82, 2.24) is 10.2 Å². The number of likely N-dealkylation sites (N-methyl/N-ethyl adjacent to an activating group) is 1. The molecule has 0 aromatic rings. The predicted molar refractivity (Wildman–Crippen MR) is 65.9 cm³/mol. The molecule has 1 atom stereocenters. The third-order valence-corrected chi connectivity index (χ3v) is 2.99. The molecule has 1 rings (SSSR count). The van der Waals surface area contributed by atoms with Crippen LogP contribution in [0.4, 0.5) is 0 Å². The number of nitrogens with zero attached hydrogens (tertiary/aromatic N) is 1. The van der Waals surface area contributed by atoms with Crippen LogP contribution in [0.25, 0.3) is 0 Å². The largest absolute Gasteiger partial charge is 0.328 e. The summed E-state index contributed by atoms with van der Waals surface area (Å²) >= 11 is 0. The molecule has 0 bridgehead atoms. The second-order valence-electron chi connectivity index (χ2n) is 5.68. The average molecular weight is 213 g/mol. The lowest BCUT2D eigenvalue weighted by molar-refractivity contribution is 0.223. The van der Waals surface area contributed by atoms with Gasteiger partial charge in [0.05, 0.1) is 0 Å². The van der Waals surface area contributed by atoms with Crippen LogP contribution < -0.4 is 11.1 Å². The third-order valence-electron chi connectivity index (χ3n) is 2.99. The molecule has 1 fully saturated rings. The van der Waals surface area contributed by atoms with Crippen LogP contribution in [0.5, 0.6) is 0 Å². The molecule has 0 radical (unpaired) electrons. The minimum Gasteiger partial charge on any atom is -0.328 e. The van der Waals surface area contributed by atoms with Crippen LogP contribution in [-0.2, 0) is 0 Å². The highest BCUT2D eigenvalue weighted by atomic mass is 15.1. The zero-order valence-electron chi connectivity index (χ0n) is 10.7. The molecule has 3 heteroatoms. The maximum atomic E-state index is 5.80. The van der Waals surface area contributed by atoms with Gasteiger partial charge < -0.3 is 16.0 Å². The topological polar surface area (TPSA) is 41.3 Å². The number of hydrogen-bond donors (Lipinski definition) is 2. The molecule has 1 saturated carbocycles. The summed E-state index contributed by atoms with van der Waals surface area (Å²) in [5.74, 6) is 0.760. The molecular formula is C12H27N3. The van der Waals surface area contributed by atoms with Crippen molar-refractivity contribution in [3.05, 3.63) is 0 Å². The highest BCUT2D eigenvalue weighted by Gasteiger charge is 2.27. The van der Waals surface area contributed by atoms with Crippen molar-refractivity contribution in [2.45, 2.75) is 51.2 Å². The molecule has 0 aromatic carbocycles. The normalized spacial score (nSPS) is 28.2. The van der Waals surface area contributed by atoms with Crippen LogP contribution in [0.2, 0.25) is 0 Å². The number of rotatable bonds is 6. The van der Waals surface area contributed by atoms with Crippen LogP contribution in [0, 0.1) is 5.92 Å². The van der Waals surface area contributed by atoms with E-state index in [1.165, 1.54) is 6.42 Å². The Labute approximate surface area is 94.4 Å². The van der Waals surface area contributed by atoms with Crippen molar-refractivity contribution in [2.75, 3.05) is 20.6 Å². The van der Waals surface area contributed by atoms with Crippen molar-refractivity contribution >= 4 is 0 Å². The summed E-state index contributed by atoms with van der Waals surface area (Å²) in [6.07, 6.45) is 3.56. The molecule has 0 aliphatic heterocycles. The Morgan fingerprint density at radius 1 is 1.33 bits per heavy atom. The SMILES string of the molecule is CC(C)CC(CN(C)C)NC1CC(N)C1. The lowest BCUT2D eigenvalue weighted by Gasteiger charge is -2.37. The standard InChI is InChI=1S/C12H27N3/c1-9(2)5-12(8-15(3)4)14-11-6-10(13)7-11/h9-12,14H,5-8,13H2,1-4H3. The summed E-state index contributed by atoms with van der Waals surface area (Å²) in [7, 11) is 4.28. The van der Waals surface area contributed by atoms with Crippen LogP contribution in [0.3, 0.4) is 0 Å². The van der Waals surface area contributed by atoms with E-state index in [2.05, 4.69) is 38.2 Å². The second kappa shape index (κ2) is 5.83. The van der Waals surface area contributed by atoms with E-state index in [-0.39, 0.29) is 0 Å². The van der Waals surface area contributed by atoms with E-state index in [0.29, 0.717) is 18.1 Å². The predicted octanol–water partition coefficient (Wildman–Crippen LogP) is 1.04. The van der Waals surface area contributed by atoms with Crippen molar-refractivity contribution in [1.29, 1.82) is 0 Å². The molecule has 0 heterocycles. The number of nitrogens with two attached hydrogens (primary N) is 1. The highest BCUT2D eigenvalue weighted by molar-refractivity contribution is 4.90. The zero-order valence-corrected chi connectivity index (χ0v) is 10.7. The third kappa shape index (κ3) is 4.96. The maximum Gasteiger partial charge on any atom is 0.0199 e. The monoisotopic (exact) mass is 213 g/mol. The molecular weight excluding hydrogens is 186 g/mol. The van der Waals surface area contributed by atoms with Gasteiger partial charge in [0, 0.05) is 24.7 Å². The molecule has 90 valence electrons. The van der Waals surface area contributed by atoms with Crippen LogP contribution in [-0.4, -0.2) is 43.7 Å². The Hall–Kier alpha value is -0.120. The summed E-state index contributed by atoms with van der Waals surface area (Å²) in [4.78, 5) is 2.26. The van der Waals surface area contributed by atoms with Crippen molar-refractivity contribution in [2.24, 2.45) is 11.7 Å². The fraction of sp³-hybridized carbons (Fsp3) is 1.00. The van der Waals surface area contributed by atoms with Gasteiger partial charge in [-0.2, -0.15) is 0 Å². The van der Waals surface area contributed by atoms with E-state index in [1.807, 2.05) is 0 Å². The summed E-state index contributed by atoms with van der Waals surface area (Å²) < 4.78 is 0. The van der Waals surface area contributed by atoms with Crippen LogP contribution in [0.15, 0.2) is 0 Å². The van der Waals surface area contributed by atoms with E-state index < -0.39 is 0 Å². The Balaban J connectivity index is 2.28. The summed E-state index contributed by atoms with van der Waals surface area (Å²) in [6.45, 7) is 5.71. The minimum absolute atomic E-state index is 0.446. The van der Waals surface area contributed by atoms with Gasteiger partial charge in [-0.25, -0.2) is 0 Å². The molecule has 0 amide bonds. The molecule has 3 nitrogen and oxygen atoms in total. The molecule has 0 saturated heterocycles. The smallest absolute Gasteiger partial charge is 0.0199 e. The van der Waals surface area contributed by atoms with Gasteiger partial charge in [-0.05, 0) is 39.3 Å². The van der Waals surface area contributed by atoms with Crippen molar-refractivity contribution < 1.29 is 0 Å². The van der Waals surface area contributed by atoms with Crippen LogP contribution in [0.1, 0.15) is 33.1 Å². The summed E-state index contributed by atoms with van der Waals surface area (Å²) in [6, 6.07) is 1.74. The van der Waals surface area contributed by atoms with Gasteiger partial charge in [-0.3, -0.25) is 0 Å². The van der Waals surface area contributed by atoms with Gasteiger partial charge in [-0.1, -0.05) is 13.8 Å². The van der Waals surface area contributed by atoms with Crippen LogP contribution >= 0.6 is 0 Å². The van der Waals surface area contributed by atoms with Gasteiger partial charge >= 0.3 is 0 Å². The highest BCUT2D eigenvalue weighted by Crippen LogP contribution is 2.19. The first-order valence-corrected chi connectivity index (χ1v) is 6.13. The fourth-order valence-electron chi connectivity index (χ4n) is 2.34. The molecule has 1 unspecified atom stereocenters. The fourth-order valence-corrected chi connectivity index (χ4v) is 2.34. The number of nitrogens with one attached hydrogen (secondary N) is 1. The summed E-state index contributed by atoms with van der Waals surface area (Å²) in [5, 5.41) is 3.72. The molecule has 3 N–H and O–H groups in total. The average Bonchev–Trinajstić information content (AvgIpc) is 1.98. The van der Waals surface area contributed by atoms with Gasteiger partial charge in [0.2, 0.25) is 0 Å². The summed E-state index contributed by atoms with van der Waals surface area (Å²) in [5.41, 5.74) is 5.80. The Morgan fingerprint density at radius 3 is 2.33 bits per heavy atom. The van der Waals surface area contributed by atoms with Crippen molar-refractivity contribution in [3.63, 3.8) is 0 Å². The van der Waals surface area contributed by atoms with Gasteiger partial charge in [-0.15, -0.1) is 0 Å². The lowest BCUT2D eigenvalue weighted by Crippen LogP contribution is -2.53. The van der Waals surface area contributed by atoms with Gasteiger partial charge in [0.25, 0.3) is 0 Å². The van der Waals surface area contributed by atoms with Crippen molar-refractivity contribution in [3.8, 4) is 0 Å². The van der Waals surface area contributed by atoms with E-state index in [4.69, 9.17) is 5.73 Å². The van der Waals surface area contributed by atoms with E-state index in [0.717, 1.165) is 25.3 Å². The van der Waals surface area contributed by atoms with E-state index in [1.54, 1.807) is 0 Å². The van der Waals surface area contributed by atoms with E-state index >= 15 is 0 Å². The first kappa shape index (κ1) is 12.9. The minimum atomic E-state index is 0.446. The molecule has 1 aliphatic carbocycles. The molecule has 15 heavy (non-hydrogen) atoms. The first-order valence-electron chi connectivity index (χ1n) is 6.13. The first-order chi connectivity index (χ1) is 6.97. The Bertz CT molecular complexity index is 164. The maximum absolute atomic E-state index is 5.80. The Kier molecular flexibility index (Phi) is 5.03. The zero-order chi connectivity index (χ0) is 11.4. The molecule has 0 aromatic heterocycles. The Morgan fingerprint density at radius 2 is 1.93 bits per heavy atom. The van der Waals surface area contributed by atoms with Gasteiger partial charge in [0.1, 0.15) is 0 Å². The quantitative estimate of drug-likeness (QED) is 0.693. The molecule has 0 spiro atoms. The molecule has 1 aliphatic rings. The second-order valence-corrected chi connectivity index (χ2v) is 5.68. The number of hydrogen-bond acceptors (Lipinski definition) is 3. The lowest BCUT2D eigenvalue weighted by atomic mass is 9.86.